The normalized spacial score (nSPS) is 23.5. The standard InChI is InChI=1S/C34H26ClN3O4/c1-19-15-16-20(35)17-26(19)38-32(40)29-28-21-9-3-6-12-24(21)34(30(29)33(38)41,25-13-7-4-10-22(25)28)18-36-37-31(39)23-11-5-8-14-27(23)42-2/h3-18,28-30H,1-2H3,(H,37,39)/b36-18+/t28?,29-,30+,34?/m1/s1. The average molecular weight is 576 g/mol. The second-order valence-electron chi connectivity index (χ2n) is 10.9. The minimum absolute atomic E-state index is 0.264. The van der Waals surface area contributed by atoms with Crippen molar-refractivity contribution in [1.29, 1.82) is 0 Å². The summed E-state index contributed by atoms with van der Waals surface area (Å²) in [6.07, 6.45) is 1.64. The largest absolute Gasteiger partial charge is 0.496 e. The molecule has 1 aliphatic heterocycles. The molecule has 7 nitrogen and oxygen atoms in total. The molecular weight excluding hydrogens is 550 g/mol. The van der Waals surface area contributed by atoms with Crippen LogP contribution in [0.25, 0.3) is 0 Å². The molecule has 208 valence electrons. The van der Waals surface area contributed by atoms with E-state index in [1.54, 1.807) is 42.6 Å². The van der Waals surface area contributed by atoms with Crippen molar-refractivity contribution in [2.24, 2.45) is 16.9 Å². The summed E-state index contributed by atoms with van der Waals surface area (Å²) in [6.45, 7) is 1.86. The minimum Gasteiger partial charge on any atom is -0.496 e. The summed E-state index contributed by atoms with van der Waals surface area (Å²) >= 11 is 6.34. The Morgan fingerprint density at radius 1 is 0.929 bits per heavy atom. The summed E-state index contributed by atoms with van der Waals surface area (Å²) < 4.78 is 5.35. The molecule has 0 aromatic heterocycles. The molecule has 0 unspecified atom stereocenters. The molecular formula is C34H26ClN3O4. The Bertz CT molecular complexity index is 1790. The number of halogens is 1. The predicted molar refractivity (Wildman–Crippen MR) is 160 cm³/mol. The Balaban J connectivity index is 1.41. The Morgan fingerprint density at radius 3 is 2.26 bits per heavy atom. The Morgan fingerprint density at radius 2 is 1.57 bits per heavy atom. The van der Waals surface area contributed by atoms with E-state index in [4.69, 9.17) is 16.3 Å². The smallest absolute Gasteiger partial charge is 0.275 e. The predicted octanol–water partition coefficient (Wildman–Crippen LogP) is 5.62. The van der Waals surface area contributed by atoms with Crippen LogP contribution in [0.1, 0.15) is 44.1 Å². The number of carbonyl (C=O) groups excluding carboxylic acids is 3. The molecule has 2 bridgehead atoms. The van der Waals surface area contributed by atoms with Gasteiger partial charge in [0, 0.05) is 17.2 Å². The number of hydrogen-bond acceptors (Lipinski definition) is 5. The molecule has 42 heavy (non-hydrogen) atoms. The average Bonchev–Trinajstić information content (AvgIpc) is 3.28. The zero-order valence-electron chi connectivity index (χ0n) is 22.9. The van der Waals surface area contributed by atoms with Crippen LogP contribution in [0.3, 0.4) is 0 Å². The highest BCUT2D eigenvalue weighted by Crippen LogP contribution is 2.63. The number of methoxy groups -OCH3 is 1. The van der Waals surface area contributed by atoms with Gasteiger partial charge in [-0.1, -0.05) is 78.3 Å². The van der Waals surface area contributed by atoms with Crippen LogP contribution < -0.4 is 15.1 Å². The number of aryl methyl sites for hydroxylation is 1. The van der Waals surface area contributed by atoms with E-state index >= 15 is 0 Å². The first-order valence-corrected chi connectivity index (χ1v) is 14.1. The van der Waals surface area contributed by atoms with Gasteiger partial charge in [0.05, 0.1) is 35.6 Å². The van der Waals surface area contributed by atoms with Crippen LogP contribution >= 0.6 is 11.6 Å². The van der Waals surface area contributed by atoms with Gasteiger partial charge in [0.15, 0.2) is 0 Å². The van der Waals surface area contributed by atoms with Crippen LogP contribution in [0.4, 0.5) is 5.69 Å². The fourth-order valence-electron chi connectivity index (χ4n) is 7.20. The van der Waals surface area contributed by atoms with Crippen LogP contribution in [-0.2, 0) is 15.0 Å². The lowest BCUT2D eigenvalue weighted by molar-refractivity contribution is -0.122. The number of benzene rings is 4. The van der Waals surface area contributed by atoms with E-state index in [1.807, 2.05) is 61.5 Å². The van der Waals surface area contributed by atoms with Gasteiger partial charge in [0.25, 0.3) is 5.91 Å². The van der Waals surface area contributed by atoms with Crippen molar-refractivity contribution in [1.82, 2.24) is 5.43 Å². The number of imide groups is 1. The molecule has 0 saturated carbocycles. The van der Waals surface area contributed by atoms with Gasteiger partial charge in [-0.05, 0) is 59.0 Å². The molecule has 4 aromatic rings. The van der Waals surface area contributed by atoms with E-state index in [-0.39, 0.29) is 17.7 Å². The number of anilines is 1. The SMILES string of the molecule is COc1ccccc1C(=O)N/N=C/C12c3ccccc3C(c3ccccc31)[C@H]1C(=O)N(c3cc(Cl)ccc3C)C(=O)[C@H]12. The number of carbonyl (C=O) groups is 3. The van der Waals surface area contributed by atoms with Crippen LogP contribution in [0.15, 0.2) is 96.1 Å². The van der Waals surface area contributed by atoms with Crippen molar-refractivity contribution in [3.05, 3.63) is 129 Å². The highest BCUT2D eigenvalue weighted by Gasteiger charge is 2.68. The van der Waals surface area contributed by atoms with Crippen molar-refractivity contribution in [3.8, 4) is 5.75 Å². The molecule has 1 fully saturated rings. The van der Waals surface area contributed by atoms with Gasteiger partial charge in [0.1, 0.15) is 5.75 Å². The van der Waals surface area contributed by atoms with E-state index in [0.29, 0.717) is 22.0 Å². The number of amides is 3. The van der Waals surface area contributed by atoms with Crippen LogP contribution in [0, 0.1) is 18.8 Å². The van der Waals surface area contributed by atoms with Crippen LogP contribution in [-0.4, -0.2) is 31.0 Å². The van der Waals surface area contributed by atoms with E-state index in [1.165, 1.54) is 12.0 Å². The summed E-state index contributed by atoms with van der Waals surface area (Å²) in [4.78, 5) is 43.3. The summed E-state index contributed by atoms with van der Waals surface area (Å²) in [6, 6.07) is 27.9. The third-order valence-corrected chi connectivity index (χ3v) is 9.12. The molecule has 8 heteroatoms. The number of hydrogen-bond donors (Lipinski definition) is 1. The molecule has 0 radical (unpaired) electrons. The quantitative estimate of drug-likeness (QED) is 0.190. The molecule has 1 N–H and O–H groups in total. The van der Waals surface area contributed by atoms with Crippen molar-refractivity contribution >= 4 is 41.2 Å². The van der Waals surface area contributed by atoms with Crippen LogP contribution in [0.5, 0.6) is 5.75 Å². The first-order valence-electron chi connectivity index (χ1n) is 13.7. The van der Waals surface area contributed by atoms with Gasteiger partial charge < -0.3 is 4.74 Å². The lowest BCUT2D eigenvalue weighted by Gasteiger charge is -2.52. The first kappa shape index (κ1) is 26.2. The van der Waals surface area contributed by atoms with Gasteiger partial charge >= 0.3 is 0 Å². The number of ether oxygens (including phenoxy) is 1. The summed E-state index contributed by atoms with van der Waals surface area (Å²) in [7, 11) is 1.50. The Kier molecular flexibility index (Phi) is 6.02. The number of nitrogens with zero attached hydrogens (tertiary/aromatic N) is 2. The number of nitrogens with one attached hydrogen (secondary N) is 1. The zero-order chi connectivity index (χ0) is 29.2. The summed E-state index contributed by atoms with van der Waals surface area (Å²) in [5, 5.41) is 4.92. The molecule has 4 aliphatic rings. The van der Waals surface area contributed by atoms with Crippen molar-refractivity contribution < 1.29 is 19.1 Å². The maximum absolute atomic E-state index is 14.5. The summed E-state index contributed by atoms with van der Waals surface area (Å²) in [5.41, 5.74) is 6.88. The fourth-order valence-corrected chi connectivity index (χ4v) is 7.36. The van der Waals surface area contributed by atoms with Gasteiger partial charge in [-0.3, -0.25) is 14.4 Å². The van der Waals surface area contributed by atoms with Crippen LogP contribution in [0.2, 0.25) is 5.02 Å². The highest BCUT2D eigenvalue weighted by atomic mass is 35.5. The molecule has 1 heterocycles. The minimum atomic E-state index is -1.10. The van der Waals surface area contributed by atoms with E-state index in [0.717, 1.165) is 27.8 Å². The second kappa shape index (κ2) is 9.67. The van der Waals surface area contributed by atoms with Crippen molar-refractivity contribution in [2.45, 2.75) is 18.3 Å². The zero-order valence-corrected chi connectivity index (χ0v) is 23.6. The lowest BCUT2D eigenvalue weighted by Crippen LogP contribution is -2.54. The van der Waals surface area contributed by atoms with Gasteiger partial charge in [0.2, 0.25) is 11.8 Å². The molecule has 2 atom stereocenters. The second-order valence-corrected chi connectivity index (χ2v) is 11.3. The fraction of sp³-hybridized carbons (Fsp3) is 0.176. The highest BCUT2D eigenvalue weighted by molar-refractivity contribution is 6.31. The molecule has 3 aliphatic carbocycles. The third kappa shape index (κ3) is 3.53. The Hall–Kier alpha value is -4.75. The van der Waals surface area contributed by atoms with E-state index in [2.05, 4.69) is 10.5 Å². The van der Waals surface area contributed by atoms with Gasteiger partial charge in [-0.2, -0.15) is 5.10 Å². The lowest BCUT2D eigenvalue weighted by atomic mass is 9.47. The molecule has 1 saturated heterocycles. The van der Waals surface area contributed by atoms with Gasteiger partial charge in [-0.25, -0.2) is 10.3 Å². The molecule has 3 amide bonds. The van der Waals surface area contributed by atoms with Crippen molar-refractivity contribution in [2.75, 3.05) is 12.0 Å². The Labute approximate surface area is 247 Å². The summed E-state index contributed by atoms with van der Waals surface area (Å²) in [5.74, 6) is -2.34. The first-order chi connectivity index (χ1) is 20.4. The molecule has 8 rings (SSSR count). The number of rotatable bonds is 5. The third-order valence-electron chi connectivity index (χ3n) is 8.88. The van der Waals surface area contributed by atoms with Gasteiger partial charge in [-0.15, -0.1) is 0 Å². The maximum atomic E-state index is 14.5. The monoisotopic (exact) mass is 575 g/mol. The van der Waals surface area contributed by atoms with E-state index < -0.39 is 23.2 Å². The van der Waals surface area contributed by atoms with E-state index in [9.17, 15) is 14.4 Å². The van der Waals surface area contributed by atoms with Crippen molar-refractivity contribution in [3.63, 3.8) is 0 Å². The maximum Gasteiger partial charge on any atom is 0.275 e. The molecule has 4 aromatic carbocycles. The topological polar surface area (TPSA) is 88.1 Å². The molecule has 0 spiro atoms. The number of para-hydroxylation sites is 1. The number of hydrazone groups is 1.